The van der Waals surface area contributed by atoms with E-state index < -0.39 is 81.8 Å². The summed E-state index contributed by atoms with van der Waals surface area (Å²) in [6, 6.07) is 0. The molecular formula is C51H81O14P. The second kappa shape index (κ2) is 39.5. The Morgan fingerprint density at radius 3 is 1.55 bits per heavy atom. The van der Waals surface area contributed by atoms with Crippen molar-refractivity contribution in [3.05, 3.63) is 109 Å². The van der Waals surface area contributed by atoms with E-state index >= 15 is 0 Å². The number of hydrogen-bond donors (Lipinski definition) is 7. The summed E-state index contributed by atoms with van der Waals surface area (Å²) in [5.74, 6) is -1.33. The molecule has 15 heteroatoms. The van der Waals surface area contributed by atoms with Crippen molar-refractivity contribution in [3.63, 3.8) is 0 Å². The zero-order valence-corrected chi connectivity index (χ0v) is 40.2. The Kier molecular flexibility index (Phi) is 36.2. The van der Waals surface area contributed by atoms with E-state index in [4.69, 9.17) is 18.5 Å². The molecule has 66 heavy (non-hydrogen) atoms. The monoisotopic (exact) mass is 949 g/mol. The van der Waals surface area contributed by atoms with Crippen LogP contribution in [-0.2, 0) is 32.7 Å². The molecule has 1 rings (SSSR count). The quantitative estimate of drug-likeness (QED) is 0.0102. The van der Waals surface area contributed by atoms with Crippen LogP contribution in [-0.4, -0.2) is 110 Å². The summed E-state index contributed by atoms with van der Waals surface area (Å²) in [6.45, 7) is 2.88. The zero-order chi connectivity index (χ0) is 48.7. The highest BCUT2D eigenvalue weighted by molar-refractivity contribution is 7.47. The fourth-order valence-electron chi connectivity index (χ4n) is 6.42. The van der Waals surface area contributed by atoms with Crippen LogP contribution in [0.4, 0.5) is 0 Å². The van der Waals surface area contributed by atoms with E-state index in [0.29, 0.717) is 6.42 Å². The van der Waals surface area contributed by atoms with Crippen LogP contribution in [0.1, 0.15) is 136 Å². The third-order valence-corrected chi connectivity index (χ3v) is 11.2. The second-order valence-corrected chi connectivity index (χ2v) is 17.5. The molecule has 1 saturated carbocycles. The molecule has 0 aromatic carbocycles. The van der Waals surface area contributed by atoms with Gasteiger partial charge in [0.25, 0.3) is 0 Å². The lowest BCUT2D eigenvalue weighted by Gasteiger charge is -2.41. The number of unbranched alkanes of at least 4 members (excludes halogenated alkanes) is 6. The van der Waals surface area contributed by atoms with E-state index in [9.17, 15) is 49.7 Å². The minimum absolute atomic E-state index is 0.0323. The third kappa shape index (κ3) is 31.4. The molecule has 1 aliphatic rings. The number of hydrogen-bond acceptors (Lipinski definition) is 13. The molecule has 0 spiro atoms. The SMILES string of the molecule is CC/C=C\C/C=C\C/C=C\C/C=C\C=C\C(O)CCCC(=O)OC[C@H](COP(=O)(O)OC1[C@H](O)[C@H](O)C(O)[C@H](O)[C@H]1O)OC(=O)CCCCCCCC/C=C\C/C=C\C/C=C\C/C=C\CC. The summed E-state index contributed by atoms with van der Waals surface area (Å²) in [5, 5.41) is 60.5. The third-order valence-electron chi connectivity index (χ3n) is 10.2. The van der Waals surface area contributed by atoms with Gasteiger partial charge in [-0.15, -0.1) is 0 Å². The summed E-state index contributed by atoms with van der Waals surface area (Å²) in [4.78, 5) is 35.8. The molecule has 1 aliphatic carbocycles. The van der Waals surface area contributed by atoms with Gasteiger partial charge in [-0.1, -0.05) is 149 Å². The first-order valence-electron chi connectivity index (χ1n) is 23.8. The largest absolute Gasteiger partial charge is 0.472 e. The summed E-state index contributed by atoms with van der Waals surface area (Å²) in [5.41, 5.74) is 0. The Labute approximate surface area is 394 Å². The predicted octanol–water partition coefficient (Wildman–Crippen LogP) is 8.58. The molecular weight excluding hydrogens is 868 g/mol. The number of aliphatic hydroxyl groups excluding tert-OH is 6. The molecule has 0 aliphatic heterocycles. The van der Waals surface area contributed by atoms with Crippen LogP contribution >= 0.6 is 7.82 Å². The maximum Gasteiger partial charge on any atom is 0.472 e. The van der Waals surface area contributed by atoms with E-state index in [-0.39, 0.29) is 25.7 Å². The second-order valence-electron chi connectivity index (χ2n) is 16.0. The fourth-order valence-corrected chi connectivity index (χ4v) is 7.40. The van der Waals surface area contributed by atoms with Gasteiger partial charge < -0.3 is 45.0 Å². The molecule has 1 fully saturated rings. The van der Waals surface area contributed by atoms with Crippen molar-refractivity contribution in [2.45, 2.75) is 185 Å². The molecule has 4 unspecified atom stereocenters. The van der Waals surface area contributed by atoms with Gasteiger partial charge in [-0.05, 0) is 83.5 Å². The smallest absolute Gasteiger partial charge is 0.462 e. The number of carbonyl (C=O) groups is 2. The van der Waals surface area contributed by atoms with Gasteiger partial charge in [0.15, 0.2) is 6.10 Å². The fraction of sp³-hybridized carbons (Fsp3) is 0.608. The maximum absolute atomic E-state index is 12.8. The first-order chi connectivity index (χ1) is 31.8. The standard InChI is InChI=1S/C51H81O14P/c1-3-5-7-9-11-13-15-17-18-19-20-21-22-24-26-28-30-32-34-38-45(54)64-43(41-63-66(60,61)65-51-49(58)47(56)46(55)48(57)50(51)59)40-62-44(53)39-35-37-42(52)36-33-31-29-27-25-23-16-14-12-10-8-6-4-2/h5-8,11-14,17-18,20-21,23,25,29,31,33,36,42-43,46-52,55-59H,3-4,9-10,15-16,19,22,24,26-28,30,32,34-35,37-41H2,1-2H3,(H,60,61)/b7-5-,8-6-,13-11-,14-12-,18-17-,21-20-,25-23-,31-29-,36-33+/t42?,43-,46?,47-,48+,49-,50-,51?/m1/s1. The summed E-state index contributed by atoms with van der Waals surface area (Å²) < 4.78 is 33.4. The number of ether oxygens (including phenoxy) is 2. The Morgan fingerprint density at radius 2 is 1.00 bits per heavy atom. The normalized spacial score (nSPS) is 22.7. The number of aliphatic hydroxyl groups is 6. The number of esters is 2. The van der Waals surface area contributed by atoms with Gasteiger partial charge >= 0.3 is 19.8 Å². The highest BCUT2D eigenvalue weighted by Crippen LogP contribution is 2.47. The van der Waals surface area contributed by atoms with Gasteiger partial charge in [0.05, 0.1) is 12.7 Å². The van der Waals surface area contributed by atoms with Crippen LogP contribution < -0.4 is 0 Å². The highest BCUT2D eigenvalue weighted by Gasteiger charge is 2.51. The number of carbonyl (C=O) groups excluding carboxylic acids is 2. The number of rotatable bonds is 37. The molecule has 0 saturated heterocycles. The highest BCUT2D eigenvalue weighted by atomic mass is 31.2. The average Bonchev–Trinajstić information content (AvgIpc) is 3.29. The van der Waals surface area contributed by atoms with Crippen molar-refractivity contribution in [1.29, 1.82) is 0 Å². The number of phosphoric ester groups is 1. The molecule has 0 bridgehead atoms. The minimum atomic E-state index is -5.18. The molecule has 0 radical (unpaired) electrons. The first-order valence-corrected chi connectivity index (χ1v) is 25.3. The van der Waals surface area contributed by atoms with Gasteiger partial charge in [-0.3, -0.25) is 18.6 Å². The van der Waals surface area contributed by atoms with Crippen molar-refractivity contribution < 1.29 is 68.2 Å². The molecule has 0 heterocycles. The van der Waals surface area contributed by atoms with E-state index in [0.717, 1.165) is 89.9 Å². The lowest BCUT2D eigenvalue weighted by atomic mass is 9.85. The Balaban J connectivity index is 2.55. The van der Waals surface area contributed by atoms with E-state index in [1.165, 1.54) is 0 Å². The van der Waals surface area contributed by atoms with Gasteiger partial charge in [-0.25, -0.2) is 4.57 Å². The molecule has 0 aromatic rings. The van der Waals surface area contributed by atoms with Gasteiger partial charge in [0.1, 0.15) is 43.2 Å². The molecule has 14 nitrogen and oxygen atoms in total. The summed E-state index contributed by atoms with van der Waals surface area (Å²) in [6.07, 6.45) is 37.2. The zero-order valence-electron chi connectivity index (χ0n) is 39.3. The van der Waals surface area contributed by atoms with Crippen molar-refractivity contribution in [3.8, 4) is 0 Å². The van der Waals surface area contributed by atoms with Crippen LogP contribution in [0.3, 0.4) is 0 Å². The Bertz CT molecular complexity index is 1580. The van der Waals surface area contributed by atoms with Crippen LogP contribution in [0.5, 0.6) is 0 Å². The average molecular weight is 949 g/mol. The minimum Gasteiger partial charge on any atom is -0.462 e. The van der Waals surface area contributed by atoms with Crippen LogP contribution in [0.15, 0.2) is 109 Å². The molecule has 374 valence electrons. The molecule has 0 amide bonds. The Hall–Kier alpha value is -3.53. The lowest BCUT2D eigenvalue weighted by Crippen LogP contribution is -2.64. The van der Waals surface area contributed by atoms with Gasteiger partial charge in [0, 0.05) is 12.8 Å². The van der Waals surface area contributed by atoms with E-state index in [1.54, 1.807) is 12.2 Å². The van der Waals surface area contributed by atoms with Crippen LogP contribution in [0, 0.1) is 0 Å². The first kappa shape index (κ1) is 60.5. The van der Waals surface area contributed by atoms with Crippen molar-refractivity contribution in [2.24, 2.45) is 0 Å². The molecule has 7 N–H and O–H groups in total. The maximum atomic E-state index is 12.8. The topological polar surface area (TPSA) is 230 Å². The lowest BCUT2D eigenvalue weighted by molar-refractivity contribution is -0.220. The molecule has 0 aromatic heterocycles. The van der Waals surface area contributed by atoms with Crippen molar-refractivity contribution in [2.75, 3.05) is 13.2 Å². The van der Waals surface area contributed by atoms with Gasteiger partial charge in [-0.2, -0.15) is 0 Å². The van der Waals surface area contributed by atoms with E-state index in [1.807, 2.05) is 12.2 Å². The number of phosphoric acid groups is 1. The predicted molar refractivity (Wildman–Crippen MR) is 259 cm³/mol. The Morgan fingerprint density at radius 1 is 0.545 bits per heavy atom. The van der Waals surface area contributed by atoms with E-state index in [2.05, 4.69) is 98.9 Å². The van der Waals surface area contributed by atoms with Gasteiger partial charge in [0.2, 0.25) is 0 Å². The van der Waals surface area contributed by atoms with Crippen LogP contribution in [0.25, 0.3) is 0 Å². The summed E-state index contributed by atoms with van der Waals surface area (Å²) in [7, 11) is -5.18. The summed E-state index contributed by atoms with van der Waals surface area (Å²) >= 11 is 0. The van der Waals surface area contributed by atoms with Crippen molar-refractivity contribution >= 4 is 19.8 Å². The van der Waals surface area contributed by atoms with Crippen molar-refractivity contribution in [1.82, 2.24) is 0 Å². The molecule has 9 atom stereocenters. The van der Waals surface area contributed by atoms with Crippen LogP contribution in [0.2, 0.25) is 0 Å². The number of allylic oxidation sites excluding steroid dienone is 17.